The highest BCUT2D eigenvalue weighted by atomic mass is 16.5. The summed E-state index contributed by atoms with van der Waals surface area (Å²) in [6.07, 6.45) is 0.492. The third kappa shape index (κ3) is 5.26. The zero-order chi connectivity index (χ0) is 22.4. The van der Waals surface area contributed by atoms with Crippen LogP contribution in [0.15, 0.2) is 58.1 Å². The number of benzene rings is 2. The van der Waals surface area contributed by atoms with Crippen molar-refractivity contribution in [1.82, 2.24) is 9.13 Å². The summed E-state index contributed by atoms with van der Waals surface area (Å²) in [7, 11) is 1.55. The molecule has 0 aliphatic rings. The fourth-order valence-electron chi connectivity index (χ4n) is 3.31. The van der Waals surface area contributed by atoms with Crippen LogP contribution in [0.25, 0.3) is 10.9 Å². The molecular weight excluding hydrogens is 400 g/mol. The molecule has 1 heterocycles. The number of para-hydroxylation sites is 1. The van der Waals surface area contributed by atoms with Gasteiger partial charge in [-0.3, -0.25) is 23.5 Å². The molecule has 0 atom stereocenters. The van der Waals surface area contributed by atoms with Crippen molar-refractivity contribution in [1.29, 1.82) is 0 Å². The van der Waals surface area contributed by atoms with Gasteiger partial charge >= 0.3 is 5.69 Å². The Morgan fingerprint density at radius 3 is 2.39 bits per heavy atom. The largest absolute Gasteiger partial charge is 0.385 e. The lowest BCUT2D eigenvalue weighted by Gasteiger charge is -2.14. The molecule has 0 saturated heterocycles. The van der Waals surface area contributed by atoms with Crippen molar-refractivity contribution >= 4 is 34.1 Å². The Labute approximate surface area is 178 Å². The van der Waals surface area contributed by atoms with Crippen molar-refractivity contribution in [2.24, 2.45) is 0 Å². The highest BCUT2D eigenvalue weighted by Crippen LogP contribution is 2.15. The maximum atomic E-state index is 13.0. The van der Waals surface area contributed by atoms with Gasteiger partial charge in [-0.2, -0.15) is 0 Å². The molecule has 31 heavy (non-hydrogen) atoms. The standard InChI is InChI=1S/C22H24N4O5/c1-15(27)23-16-7-5-8-17(13-16)24-20(28)14-26-19-10-4-3-9-18(19)21(29)25(22(26)30)11-6-12-31-2/h3-5,7-10,13H,6,11-12,14H2,1-2H3,(H,23,27)(H,24,28). The number of anilines is 2. The second-order valence-electron chi connectivity index (χ2n) is 7.00. The fourth-order valence-corrected chi connectivity index (χ4v) is 3.31. The number of ether oxygens (including phenoxy) is 1. The summed E-state index contributed by atoms with van der Waals surface area (Å²) in [5.41, 5.74) is 0.461. The Morgan fingerprint density at radius 1 is 0.968 bits per heavy atom. The predicted octanol–water partition coefficient (Wildman–Crippen LogP) is 1.80. The number of carbonyl (C=O) groups is 2. The van der Waals surface area contributed by atoms with Gasteiger partial charge in [-0.1, -0.05) is 18.2 Å². The van der Waals surface area contributed by atoms with Crippen LogP contribution >= 0.6 is 0 Å². The molecule has 3 aromatic rings. The number of hydrogen-bond donors (Lipinski definition) is 2. The lowest BCUT2D eigenvalue weighted by molar-refractivity contribution is -0.117. The van der Waals surface area contributed by atoms with E-state index in [9.17, 15) is 19.2 Å². The molecule has 1 aromatic heterocycles. The summed E-state index contributed by atoms with van der Waals surface area (Å²) in [5.74, 6) is -0.661. The molecule has 162 valence electrons. The van der Waals surface area contributed by atoms with E-state index in [1.54, 1.807) is 55.6 Å². The molecule has 0 aliphatic carbocycles. The Balaban J connectivity index is 1.91. The Morgan fingerprint density at radius 2 is 1.68 bits per heavy atom. The summed E-state index contributed by atoms with van der Waals surface area (Å²) in [4.78, 5) is 49.7. The molecule has 0 saturated carbocycles. The SMILES string of the molecule is COCCCn1c(=O)c2ccccc2n(CC(=O)Nc2cccc(NC(C)=O)c2)c1=O. The lowest BCUT2D eigenvalue weighted by atomic mass is 10.2. The Hall–Kier alpha value is -3.72. The van der Waals surface area contributed by atoms with E-state index < -0.39 is 17.2 Å². The van der Waals surface area contributed by atoms with Gasteiger partial charge in [-0.05, 0) is 36.8 Å². The number of carbonyl (C=O) groups excluding carboxylic acids is 2. The molecule has 0 aliphatic heterocycles. The average molecular weight is 424 g/mol. The summed E-state index contributed by atoms with van der Waals surface area (Å²) in [5, 5.41) is 5.73. The Kier molecular flexibility index (Phi) is 6.99. The molecule has 9 heteroatoms. The van der Waals surface area contributed by atoms with E-state index in [0.29, 0.717) is 35.3 Å². The topological polar surface area (TPSA) is 111 Å². The van der Waals surface area contributed by atoms with Crippen LogP contribution in [0.4, 0.5) is 11.4 Å². The number of amides is 2. The van der Waals surface area contributed by atoms with Gasteiger partial charge in [0.2, 0.25) is 11.8 Å². The minimum Gasteiger partial charge on any atom is -0.385 e. The third-order valence-corrected chi connectivity index (χ3v) is 4.63. The van der Waals surface area contributed by atoms with Gasteiger partial charge in [0.05, 0.1) is 10.9 Å². The molecule has 0 spiro atoms. The number of methoxy groups -OCH3 is 1. The third-order valence-electron chi connectivity index (χ3n) is 4.63. The van der Waals surface area contributed by atoms with Crippen molar-refractivity contribution in [2.75, 3.05) is 24.4 Å². The number of nitrogens with zero attached hydrogens (tertiary/aromatic N) is 2. The smallest absolute Gasteiger partial charge is 0.331 e. The number of fused-ring (bicyclic) bond motifs is 1. The van der Waals surface area contributed by atoms with Gasteiger partial charge in [0.15, 0.2) is 0 Å². The van der Waals surface area contributed by atoms with Crippen molar-refractivity contribution in [2.45, 2.75) is 26.4 Å². The van der Waals surface area contributed by atoms with Crippen molar-refractivity contribution in [3.05, 3.63) is 69.4 Å². The van der Waals surface area contributed by atoms with Gasteiger partial charge < -0.3 is 15.4 Å². The summed E-state index contributed by atoms with van der Waals surface area (Å²) in [6, 6.07) is 13.4. The molecule has 0 fully saturated rings. The van der Waals surface area contributed by atoms with Crippen LogP contribution in [-0.4, -0.2) is 34.7 Å². The van der Waals surface area contributed by atoms with E-state index in [1.807, 2.05) is 0 Å². The first-order valence-electron chi connectivity index (χ1n) is 9.79. The minimum atomic E-state index is -0.554. The lowest BCUT2D eigenvalue weighted by Crippen LogP contribution is -2.42. The molecule has 0 unspecified atom stereocenters. The van der Waals surface area contributed by atoms with E-state index in [0.717, 1.165) is 4.57 Å². The highest BCUT2D eigenvalue weighted by molar-refractivity contribution is 5.93. The second-order valence-corrected chi connectivity index (χ2v) is 7.00. The van der Waals surface area contributed by atoms with Gasteiger partial charge in [-0.15, -0.1) is 0 Å². The average Bonchev–Trinajstić information content (AvgIpc) is 2.73. The summed E-state index contributed by atoms with van der Waals surface area (Å²) in [6.45, 7) is 1.72. The molecule has 2 amide bonds. The maximum Gasteiger partial charge on any atom is 0.331 e. The molecule has 9 nitrogen and oxygen atoms in total. The second kappa shape index (κ2) is 9.86. The number of nitrogens with one attached hydrogen (secondary N) is 2. The number of aromatic nitrogens is 2. The Bertz CT molecular complexity index is 1230. The van der Waals surface area contributed by atoms with Crippen LogP contribution < -0.4 is 21.9 Å². The zero-order valence-corrected chi connectivity index (χ0v) is 17.4. The van der Waals surface area contributed by atoms with Crippen molar-refractivity contribution in [3.8, 4) is 0 Å². The normalized spacial score (nSPS) is 10.8. The van der Waals surface area contributed by atoms with E-state index >= 15 is 0 Å². The van der Waals surface area contributed by atoms with Crippen molar-refractivity contribution < 1.29 is 14.3 Å². The first-order chi connectivity index (χ1) is 14.9. The van der Waals surface area contributed by atoms with Crippen LogP contribution in [0.1, 0.15) is 13.3 Å². The van der Waals surface area contributed by atoms with Crippen LogP contribution in [-0.2, 0) is 27.4 Å². The zero-order valence-electron chi connectivity index (χ0n) is 17.4. The highest BCUT2D eigenvalue weighted by Gasteiger charge is 2.15. The first-order valence-corrected chi connectivity index (χ1v) is 9.79. The van der Waals surface area contributed by atoms with Crippen LogP contribution in [0.2, 0.25) is 0 Å². The maximum absolute atomic E-state index is 13.0. The van der Waals surface area contributed by atoms with Gasteiger partial charge in [0.1, 0.15) is 6.54 Å². The quantitative estimate of drug-likeness (QED) is 0.536. The summed E-state index contributed by atoms with van der Waals surface area (Å²) >= 11 is 0. The number of rotatable bonds is 8. The van der Waals surface area contributed by atoms with Gasteiger partial charge in [0, 0.05) is 38.6 Å². The molecule has 2 N–H and O–H groups in total. The van der Waals surface area contributed by atoms with E-state index in [-0.39, 0.29) is 19.0 Å². The predicted molar refractivity (Wildman–Crippen MR) is 118 cm³/mol. The molecule has 3 rings (SSSR count). The summed E-state index contributed by atoms with van der Waals surface area (Å²) < 4.78 is 7.43. The molecule has 0 bridgehead atoms. The van der Waals surface area contributed by atoms with E-state index in [1.165, 1.54) is 11.5 Å². The van der Waals surface area contributed by atoms with Crippen LogP contribution in [0.3, 0.4) is 0 Å². The molecular formula is C22H24N4O5. The number of hydrogen-bond acceptors (Lipinski definition) is 5. The first kappa shape index (κ1) is 22.0. The van der Waals surface area contributed by atoms with E-state index in [4.69, 9.17) is 4.74 Å². The molecule has 0 radical (unpaired) electrons. The van der Waals surface area contributed by atoms with E-state index in [2.05, 4.69) is 10.6 Å². The minimum absolute atomic E-state index is 0.191. The fraction of sp³-hybridized carbons (Fsp3) is 0.273. The van der Waals surface area contributed by atoms with Gasteiger partial charge in [0.25, 0.3) is 5.56 Å². The monoisotopic (exact) mass is 424 g/mol. The van der Waals surface area contributed by atoms with Crippen molar-refractivity contribution in [3.63, 3.8) is 0 Å². The van der Waals surface area contributed by atoms with Crippen LogP contribution in [0, 0.1) is 0 Å². The van der Waals surface area contributed by atoms with Gasteiger partial charge in [-0.25, -0.2) is 4.79 Å². The molecule has 2 aromatic carbocycles. The van der Waals surface area contributed by atoms with Crippen LogP contribution in [0.5, 0.6) is 0 Å².